The summed E-state index contributed by atoms with van der Waals surface area (Å²) in [5.41, 5.74) is 0.843. The van der Waals surface area contributed by atoms with Crippen molar-refractivity contribution in [2.75, 3.05) is 13.7 Å². The molecule has 2 aromatic rings. The third-order valence-electron chi connectivity index (χ3n) is 5.12. The first-order chi connectivity index (χ1) is 14.5. The van der Waals surface area contributed by atoms with Crippen LogP contribution in [0, 0.1) is 0 Å². The molecule has 0 radical (unpaired) electrons. The second-order valence-corrected chi connectivity index (χ2v) is 7.23. The van der Waals surface area contributed by atoms with Crippen LogP contribution in [0.4, 0.5) is 0 Å². The number of rotatable bonds is 5. The molecule has 0 saturated carbocycles. The predicted octanol–water partition coefficient (Wildman–Crippen LogP) is 1.78. The number of nitrogens with one attached hydrogen (secondary N) is 1. The van der Waals surface area contributed by atoms with Crippen LogP contribution >= 0.6 is 0 Å². The van der Waals surface area contributed by atoms with Crippen molar-refractivity contribution >= 4 is 5.91 Å². The van der Waals surface area contributed by atoms with Crippen molar-refractivity contribution < 1.29 is 33.6 Å². The molecule has 0 aliphatic carbocycles. The van der Waals surface area contributed by atoms with Gasteiger partial charge >= 0.3 is 0 Å². The average molecular weight is 415 g/mol. The molecule has 30 heavy (non-hydrogen) atoms. The number of carbonyl (C=O) groups is 1. The number of aliphatic hydroxyl groups excluding tert-OH is 1. The van der Waals surface area contributed by atoms with Gasteiger partial charge in [-0.15, -0.1) is 0 Å². The molecule has 2 aliphatic heterocycles. The van der Waals surface area contributed by atoms with Gasteiger partial charge in [0.05, 0.1) is 13.7 Å². The minimum Gasteiger partial charge on any atom is -0.497 e. The second kappa shape index (κ2) is 9.01. The predicted molar refractivity (Wildman–Crippen MR) is 106 cm³/mol. The monoisotopic (exact) mass is 415 g/mol. The minimum absolute atomic E-state index is 0.219. The number of hydrogen-bond acceptors (Lipinski definition) is 7. The summed E-state index contributed by atoms with van der Waals surface area (Å²) in [6, 6.07) is 15.6. The lowest BCUT2D eigenvalue weighted by Crippen LogP contribution is -2.67. The van der Waals surface area contributed by atoms with E-state index in [2.05, 4.69) is 5.32 Å². The molecule has 1 amide bonds. The van der Waals surface area contributed by atoms with Crippen molar-refractivity contribution in [3.63, 3.8) is 0 Å². The third-order valence-corrected chi connectivity index (χ3v) is 5.12. The number of fused-ring (bicyclic) bond motifs is 1. The van der Waals surface area contributed by atoms with Crippen molar-refractivity contribution in [1.82, 2.24) is 5.32 Å². The Morgan fingerprint density at radius 1 is 1.07 bits per heavy atom. The highest BCUT2D eigenvalue weighted by atomic mass is 16.7. The zero-order valence-corrected chi connectivity index (χ0v) is 16.8. The molecule has 6 atom stereocenters. The van der Waals surface area contributed by atoms with Crippen LogP contribution in [0.1, 0.15) is 18.8 Å². The SMILES string of the molecule is COc1ccc(OC2OC3COC(c4ccccc4)OC3C(O)C2NC(C)=O)cc1. The van der Waals surface area contributed by atoms with Gasteiger partial charge in [-0.2, -0.15) is 0 Å². The normalized spacial score (nSPS) is 30.8. The van der Waals surface area contributed by atoms with Gasteiger partial charge in [0.1, 0.15) is 35.9 Å². The smallest absolute Gasteiger partial charge is 0.223 e. The quantitative estimate of drug-likeness (QED) is 0.769. The molecule has 0 aromatic heterocycles. The molecule has 2 fully saturated rings. The molecule has 2 aliphatic rings. The van der Waals surface area contributed by atoms with E-state index in [1.54, 1.807) is 31.4 Å². The molecular formula is C22H25NO7. The van der Waals surface area contributed by atoms with Gasteiger partial charge in [0.15, 0.2) is 6.29 Å². The van der Waals surface area contributed by atoms with Crippen LogP contribution in [0.15, 0.2) is 54.6 Å². The molecule has 2 aromatic carbocycles. The lowest BCUT2D eigenvalue weighted by atomic mass is 9.95. The molecule has 2 heterocycles. The van der Waals surface area contributed by atoms with Crippen LogP contribution < -0.4 is 14.8 Å². The third kappa shape index (κ3) is 4.41. The topological polar surface area (TPSA) is 95.5 Å². The Kier molecular flexibility index (Phi) is 6.19. The van der Waals surface area contributed by atoms with E-state index in [0.717, 1.165) is 5.56 Å². The van der Waals surface area contributed by atoms with E-state index >= 15 is 0 Å². The zero-order chi connectivity index (χ0) is 21.1. The summed E-state index contributed by atoms with van der Waals surface area (Å²) in [5, 5.41) is 13.8. The van der Waals surface area contributed by atoms with Gasteiger partial charge in [0, 0.05) is 12.5 Å². The maximum Gasteiger partial charge on any atom is 0.223 e. The maximum absolute atomic E-state index is 11.8. The fourth-order valence-corrected chi connectivity index (χ4v) is 3.65. The highest BCUT2D eigenvalue weighted by molar-refractivity contribution is 5.73. The molecule has 160 valence electrons. The Balaban J connectivity index is 1.51. The molecule has 2 N–H and O–H groups in total. The van der Waals surface area contributed by atoms with E-state index in [-0.39, 0.29) is 12.5 Å². The van der Waals surface area contributed by atoms with Crippen molar-refractivity contribution in [3.8, 4) is 11.5 Å². The summed E-state index contributed by atoms with van der Waals surface area (Å²) in [7, 11) is 1.58. The van der Waals surface area contributed by atoms with E-state index in [9.17, 15) is 9.90 Å². The van der Waals surface area contributed by atoms with E-state index in [4.69, 9.17) is 23.7 Å². The summed E-state index contributed by atoms with van der Waals surface area (Å²) in [6.07, 6.45) is -3.82. The molecule has 0 bridgehead atoms. The molecule has 8 nitrogen and oxygen atoms in total. The number of amides is 1. The minimum atomic E-state index is -1.05. The molecular weight excluding hydrogens is 390 g/mol. The first-order valence-electron chi connectivity index (χ1n) is 9.78. The summed E-state index contributed by atoms with van der Waals surface area (Å²) in [5.74, 6) is 0.893. The molecule has 8 heteroatoms. The highest BCUT2D eigenvalue weighted by Crippen LogP contribution is 2.35. The maximum atomic E-state index is 11.8. The van der Waals surface area contributed by atoms with Crippen molar-refractivity contribution in [2.45, 2.75) is 43.9 Å². The number of hydrogen-bond donors (Lipinski definition) is 2. The van der Waals surface area contributed by atoms with Gasteiger partial charge in [0.25, 0.3) is 0 Å². The fraction of sp³-hybridized carbons (Fsp3) is 0.409. The van der Waals surface area contributed by atoms with Crippen LogP contribution in [0.3, 0.4) is 0 Å². The van der Waals surface area contributed by atoms with Crippen molar-refractivity contribution in [1.29, 1.82) is 0 Å². The highest BCUT2D eigenvalue weighted by Gasteiger charge is 2.50. The van der Waals surface area contributed by atoms with Crippen molar-refractivity contribution in [2.24, 2.45) is 0 Å². The van der Waals surface area contributed by atoms with Crippen LogP contribution in [0.2, 0.25) is 0 Å². The van der Waals surface area contributed by atoms with Gasteiger partial charge in [0.2, 0.25) is 12.2 Å². The summed E-state index contributed by atoms with van der Waals surface area (Å²) in [4.78, 5) is 11.8. The van der Waals surface area contributed by atoms with Crippen LogP contribution in [-0.4, -0.2) is 55.4 Å². The van der Waals surface area contributed by atoms with Gasteiger partial charge in [-0.05, 0) is 24.3 Å². The number of ether oxygens (including phenoxy) is 5. The zero-order valence-electron chi connectivity index (χ0n) is 16.8. The Labute approximate surface area is 174 Å². The number of benzene rings is 2. The fourth-order valence-electron chi connectivity index (χ4n) is 3.65. The molecule has 4 rings (SSSR count). The van der Waals surface area contributed by atoms with E-state index in [0.29, 0.717) is 11.5 Å². The largest absolute Gasteiger partial charge is 0.497 e. The number of carbonyl (C=O) groups excluding carboxylic acids is 1. The van der Waals surface area contributed by atoms with Gasteiger partial charge in [-0.3, -0.25) is 4.79 Å². The van der Waals surface area contributed by atoms with E-state index < -0.39 is 36.9 Å². The molecule has 6 unspecified atom stereocenters. The van der Waals surface area contributed by atoms with Crippen LogP contribution in [0.25, 0.3) is 0 Å². The summed E-state index contributed by atoms with van der Waals surface area (Å²) >= 11 is 0. The van der Waals surface area contributed by atoms with E-state index in [1.165, 1.54) is 6.92 Å². The number of aliphatic hydroxyl groups is 1. The first-order valence-corrected chi connectivity index (χ1v) is 9.78. The number of methoxy groups -OCH3 is 1. The Morgan fingerprint density at radius 2 is 1.77 bits per heavy atom. The Morgan fingerprint density at radius 3 is 2.43 bits per heavy atom. The standard InChI is InChI=1S/C22H25NO7/c1-13(24)23-18-19(25)20-17(12-27-21(30-20)14-6-4-3-5-7-14)29-22(18)28-16-10-8-15(26-2)9-11-16/h3-11,17-22,25H,12H2,1-2H3,(H,23,24). The Bertz CT molecular complexity index is 844. The molecule has 0 spiro atoms. The first kappa shape index (κ1) is 20.6. The summed E-state index contributed by atoms with van der Waals surface area (Å²) < 4.78 is 28.9. The summed E-state index contributed by atoms with van der Waals surface area (Å²) in [6.45, 7) is 1.59. The van der Waals surface area contributed by atoms with Gasteiger partial charge in [-0.1, -0.05) is 30.3 Å². The van der Waals surface area contributed by atoms with E-state index in [1.807, 2.05) is 30.3 Å². The van der Waals surface area contributed by atoms with Gasteiger partial charge in [-0.25, -0.2) is 0 Å². The lowest BCUT2D eigenvalue weighted by Gasteiger charge is -2.47. The van der Waals surface area contributed by atoms with Crippen molar-refractivity contribution in [3.05, 3.63) is 60.2 Å². The van der Waals surface area contributed by atoms with Crippen LogP contribution in [0.5, 0.6) is 11.5 Å². The lowest BCUT2D eigenvalue weighted by molar-refractivity contribution is -0.333. The Hall–Kier alpha value is -2.65. The second-order valence-electron chi connectivity index (χ2n) is 7.23. The molecule has 2 saturated heterocycles. The van der Waals surface area contributed by atoms with Gasteiger partial charge < -0.3 is 34.1 Å². The average Bonchev–Trinajstić information content (AvgIpc) is 2.77. The van der Waals surface area contributed by atoms with Crippen LogP contribution in [-0.2, 0) is 19.0 Å².